The molecule has 1 aliphatic carbocycles. The number of carbonyl (C=O) groups excluding carboxylic acids is 1. The summed E-state index contributed by atoms with van der Waals surface area (Å²) in [6.45, 7) is 3.25. The Bertz CT molecular complexity index is 1010. The lowest BCUT2D eigenvalue weighted by Gasteiger charge is -2.37. The largest absolute Gasteiger partial charge is 0.381 e. The highest BCUT2D eigenvalue weighted by Gasteiger charge is 2.56. The van der Waals surface area contributed by atoms with Gasteiger partial charge in [-0.05, 0) is 36.6 Å². The van der Waals surface area contributed by atoms with Crippen molar-refractivity contribution in [3.05, 3.63) is 95.6 Å². The molecule has 2 aliphatic rings. The van der Waals surface area contributed by atoms with E-state index in [1.165, 1.54) is 0 Å². The highest BCUT2D eigenvalue weighted by Crippen LogP contribution is 2.41. The normalized spacial score (nSPS) is 25.0. The topological polar surface area (TPSA) is 68.2 Å². The maximum absolute atomic E-state index is 13.0. The number of ether oxygens (including phenoxy) is 3. The van der Waals surface area contributed by atoms with Crippen molar-refractivity contribution in [2.75, 3.05) is 27.1 Å². The number of hydrogen-bond acceptors (Lipinski definition) is 6. The highest BCUT2D eigenvalue weighted by molar-refractivity contribution is 5.97. The molecule has 0 aromatic heterocycles. The fourth-order valence-corrected chi connectivity index (χ4v) is 4.44. The number of allylic oxidation sites excluding steroid dienone is 1. The van der Waals surface area contributed by atoms with Crippen LogP contribution in [0, 0.1) is 0 Å². The van der Waals surface area contributed by atoms with Gasteiger partial charge in [-0.1, -0.05) is 66.7 Å². The molecule has 6 nitrogen and oxygen atoms in total. The molecule has 4 rings (SSSR count). The Labute approximate surface area is 195 Å². The molecule has 1 saturated heterocycles. The molecular weight excluding hydrogens is 418 g/mol. The highest BCUT2D eigenvalue weighted by atomic mass is 16.8. The van der Waals surface area contributed by atoms with Gasteiger partial charge < -0.3 is 19.3 Å². The van der Waals surface area contributed by atoms with Crippen LogP contribution in [0.15, 0.2) is 84.5 Å². The quantitative estimate of drug-likeness (QED) is 0.558. The van der Waals surface area contributed by atoms with Gasteiger partial charge in [0, 0.05) is 25.3 Å². The van der Waals surface area contributed by atoms with E-state index in [2.05, 4.69) is 24.0 Å². The van der Waals surface area contributed by atoms with Gasteiger partial charge in [-0.3, -0.25) is 9.69 Å². The van der Waals surface area contributed by atoms with Crippen LogP contribution in [0.2, 0.25) is 0 Å². The van der Waals surface area contributed by atoms with Gasteiger partial charge in [-0.15, -0.1) is 0 Å². The second-order valence-corrected chi connectivity index (χ2v) is 8.71. The van der Waals surface area contributed by atoms with E-state index in [4.69, 9.17) is 14.2 Å². The average Bonchev–Trinajstić information content (AvgIpc) is 3.16. The molecule has 2 aromatic rings. The molecule has 1 heterocycles. The van der Waals surface area contributed by atoms with Crippen LogP contribution in [0.4, 0.5) is 0 Å². The molecule has 174 valence electrons. The van der Waals surface area contributed by atoms with E-state index in [-0.39, 0.29) is 25.2 Å². The maximum Gasteiger partial charge on any atom is 0.224 e. The second-order valence-electron chi connectivity index (χ2n) is 8.71. The fraction of sp³-hybridized carbons (Fsp3) is 0.370. The van der Waals surface area contributed by atoms with Crippen LogP contribution in [0.1, 0.15) is 29.3 Å². The standard InChI is InChI=1S/C27H31NO5/c1-21(15-23-13-14-27(30)26(16-23,19-31-2)32-20-33-27)28(17-22-9-5-3-6-10-22)18-25(29)24-11-7-4-8-12-24/h3-14,16,21,30H,15,17-20H2,1-2H3. The van der Waals surface area contributed by atoms with Crippen molar-refractivity contribution >= 4 is 5.78 Å². The van der Waals surface area contributed by atoms with Crippen LogP contribution in [0.3, 0.4) is 0 Å². The minimum atomic E-state index is -1.54. The van der Waals surface area contributed by atoms with E-state index in [0.29, 0.717) is 25.1 Å². The number of benzene rings is 2. The first-order valence-electron chi connectivity index (χ1n) is 11.2. The third-order valence-electron chi connectivity index (χ3n) is 6.33. The summed E-state index contributed by atoms with van der Waals surface area (Å²) in [6.07, 6.45) is 6.09. The lowest BCUT2D eigenvalue weighted by molar-refractivity contribution is -0.172. The molecule has 1 fully saturated rings. The number of aliphatic hydroxyl groups is 1. The Morgan fingerprint density at radius 3 is 2.52 bits per heavy atom. The Morgan fingerprint density at radius 1 is 1.12 bits per heavy atom. The number of carbonyl (C=O) groups is 1. The smallest absolute Gasteiger partial charge is 0.224 e. The van der Waals surface area contributed by atoms with Gasteiger partial charge in [-0.2, -0.15) is 0 Å². The fourth-order valence-electron chi connectivity index (χ4n) is 4.44. The van der Waals surface area contributed by atoms with Crippen LogP contribution >= 0.6 is 0 Å². The number of methoxy groups -OCH3 is 1. The summed E-state index contributed by atoms with van der Waals surface area (Å²) in [5.74, 6) is -1.45. The van der Waals surface area contributed by atoms with Crippen molar-refractivity contribution in [3.8, 4) is 0 Å². The van der Waals surface area contributed by atoms with Crippen molar-refractivity contribution < 1.29 is 24.1 Å². The number of ketones is 1. The zero-order chi connectivity index (χ0) is 23.3. The first kappa shape index (κ1) is 23.5. The zero-order valence-electron chi connectivity index (χ0n) is 19.1. The molecule has 0 amide bonds. The Balaban J connectivity index is 1.54. The number of nitrogens with zero attached hydrogens (tertiary/aromatic N) is 1. The third kappa shape index (κ3) is 5.16. The van der Waals surface area contributed by atoms with Crippen molar-refractivity contribution in [2.45, 2.75) is 37.3 Å². The average molecular weight is 450 g/mol. The van der Waals surface area contributed by atoms with Crippen molar-refractivity contribution in [2.24, 2.45) is 0 Å². The summed E-state index contributed by atoms with van der Waals surface area (Å²) < 4.78 is 16.6. The Kier molecular flexibility index (Phi) is 7.22. The minimum Gasteiger partial charge on any atom is -0.381 e. The van der Waals surface area contributed by atoms with Crippen molar-refractivity contribution in [1.29, 1.82) is 0 Å². The number of rotatable bonds is 10. The van der Waals surface area contributed by atoms with Crippen LogP contribution in [0.25, 0.3) is 0 Å². The molecule has 0 bridgehead atoms. The maximum atomic E-state index is 13.0. The van der Waals surface area contributed by atoms with E-state index in [1.54, 1.807) is 13.2 Å². The summed E-state index contributed by atoms with van der Waals surface area (Å²) in [7, 11) is 1.57. The third-order valence-corrected chi connectivity index (χ3v) is 6.33. The van der Waals surface area contributed by atoms with E-state index in [1.807, 2.05) is 60.7 Å². The lowest BCUT2D eigenvalue weighted by atomic mass is 9.84. The molecule has 33 heavy (non-hydrogen) atoms. The molecule has 6 heteroatoms. The first-order valence-corrected chi connectivity index (χ1v) is 11.2. The van der Waals surface area contributed by atoms with Crippen LogP contribution in [-0.2, 0) is 20.8 Å². The van der Waals surface area contributed by atoms with E-state index >= 15 is 0 Å². The predicted molar refractivity (Wildman–Crippen MR) is 126 cm³/mol. The lowest BCUT2D eigenvalue weighted by Crippen LogP contribution is -2.53. The van der Waals surface area contributed by atoms with Crippen molar-refractivity contribution in [3.63, 3.8) is 0 Å². The number of fused-ring (bicyclic) bond motifs is 1. The molecule has 0 spiro atoms. The van der Waals surface area contributed by atoms with Gasteiger partial charge in [-0.25, -0.2) is 0 Å². The van der Waals surface area contributed by atoms with Gasteiger partial charge in [0.25, 0.3) is 0 Å². The van der Waals surface area contributed by atoms with Gasteiger partial charge in [0.05, 0.1) is 13.2 Å². The first-order chi connectivity index (χ1) is 15.9. The monoisotopic (exact) mass is 449 g/mol. The SMILES string of the molecule is COCC12C=C(CC(C)N(CC(=O)c3ccccc3)Cc3ccccc3)C=CC1(O)OCO2. The molecule has 2 aromatic carbocycles. The van der Waals surface area contributed by atoms with Crippen LogP contribution in [-0.4, -0.2) is 60.3 Å². The number of Topliss-reactive ketones (excluding diaryl/α,β-unsaturated/α-hetero) is 1. The summed E-state index contributed by atoms with van der Waals surface area (Å²) >= 11 is 0. The molecular formula is C27H31NO5. The van der Waals surface area contributed by atoms with Gasteiger partial charge in [0.15, 0.2) is 18.2 Å². The summed E-state index contributed by atoms with van der Waals surface area (Å²) in [4.78, 5) is 15.2. The minimum absolute atomic E-state index is 0.00472. The molecule has 1 N–H and O–H groups in total. The van der Waals surface area contributed by atoms with Crippen LogP contribution < -0.4 is 0 Å². The second kappa shape index (κ2) is 10.1. The van der Waals surface area contributed by atoms with Crippen molar-refractivity contribution in [1.82, 2.24) is 4.90 Å². The molecule has 0 saturated carbocycles. The Morgan fingerprint density at radius 2 is 1.82 bits per heavy atom. The molecule has 1 aliphatic heterocycles. The summed E-state index contributed by atoms with van der Waals surface area (Å²) in [5, 5.41) is 10.9. The van der Waals surface area contributed by atoms with E-state index < -0.39 is 11.4 Å². The molecule has 3 atom stereocenters. The summed E-state index contributed by atoms with van der Waals surface area (Å²) in [5.41, 5.74) is 1.78. The van der Waals surface area contributed by atoms with Gasteiger partial charge in [0.1, 0.15) is 0 Å². The van der Waals surface area contributed by atoms with E-state index in [9.17, 15) is 9.90 Å². The zero-order valence-corrected chi connectivity index (χ0v) is 19.1. The molecule has 0 radical (unpaired) electrons. The van der Waals surface area contributed by atoms with Crippen LogP contribution in [0.5, 0.6) is 0 Å². The molecule has 3 unspecified atom stereocenters. The summed E-state index contributed by atoms with van der Waals surface area (Å²) in [6, 6.07) is 19.6. The Hall–Kier alpha value is -2.61. The predicted octanol–water partition coefficient (Wildman–Crippen LogP) is 3.72. The van der Waals surface area contributed by atoms with Gasteiger partial charge in [0.2, 0.25) is 5.79 Å². The van der Waals surface area contributed by atoms with E-state index in [0.717, 1.165) is 11.1 Å². The van der Waals surface area contributed by atoms with Gasteiger partial charge >= 0.3 is 0 Å². The number of hydrogen-bond donors (Lipinski definition) is 1.